The number of hydrogen-bond donors (Lipinski definition) is 1. The van der Waals surface area contributed by atoms with Crippen LogP contribution >= 0.6 is 11.3 Å². The standard InChI is InChI=1S/C12H19NOS/c1-3-4-9(2)5-6-10-7-8-11(15-10)12(13)14/h7-9H,3-6H2,1-2H3,(H2,13,14). The van der Waals surface area contributed by atoms with Crippen LogP contribution in [-0.2, 0) is 6.42 Å². The van der Waals surface area contributed by atoms with E-state index in [2.05, 4.69) is 13.8 Å². The van der Waals surface area contributed by atoms with Crippen LogP contribution in [0.5, 0.6) is 0 Å². The second kappa shape index (κ2) is 5.91. The summed E-state index contributed by atoms with van der Waals surface area (Å²) >= 11 is 1.53. The molecule has 0 aliphatic carbocycles. The van der Waals surface area contributed by atoms with Gasteiger partial charge < -0.3 is 5.73 Å². The van der Waals surface area contributed by atoms with Gasteiger partial charge in [-0.25, -0.2) is 0 Å². The number of rotatable bonds is 6. The molecule has 1 rings (SSSR count). The smallest absolute Gasteiger partial charge is 0.258 e. The van der Waals surface area contributed by atoms with Gasteiger partial charge in [-0.2, -0.15) is 0 Å². The zero-order chi connectivity index (χ0) is 11.3. The first-order chi connectivity index (χ1) is 7.13. The number of carbonyl (C=O) groups excluding carboxylic acids is 1. The zero-order valence-electron chi connectivity index (χ0n) is 9.45. The van der Waals surface area contributed by atoms with E-state index in [1.165, 1.54) is 35.5 Å². The van der Waals surface area contributed by atoms with Crippen molar-refractivity contribution in [1.82, 2.24) is 0 Å². The molecule has 1 unspecified atom stereocenters. The van der Waals surface area contributed by atoms with Gasteiger partial charge in [-0.3, -0.25) is 4.79 Å². The lowest BCUT2D eigenvalue weighted by atomic mass is 10.00. The Balaban J connectivity index is 2.40. The van der Waals surface area contributed by atoms with Crippen molar-refractivity contribution in [1.29, 1.82) is 0 Å². The third kappa shape index (κ3) is 4.04. The van der Waals surface area contributed by atoms with E-state index < -0.39 is 0 Å². The Labute approximate surface area is 95.5 Å². The van der Waals surface area contributed by atoms with Crippen molar-refractivity contribution >= 4 is 17.2 Å². The van der Waals surface area contributed by atoms with E-state index in [9.17, 15) is 4.79 Å². The molecule has 84 valence electrons. The van der Waals surface area contributed by atoms with Crippen molar-refractivity contribution in [2.45, 2.75) is 39.5 Å². The molecule has 1 amide bonds. The fourth-order valence-corrected chi connectivity index (χ4v) is 2.55. The molecule has 0 spiro atoms. The fourth-order valence-electron chi connectivity index (χ4n) is 1.67. The topological polar surface area (TPSA) is 43.1 Å². The van der Waals surface area contributed by atoms with Crippen LogP contribution in [0.15, 0.2) is 12.1 Å². The molecule has 0 aliphatic heterocycles. The number of carbonyl (C=O) groups is 1. The number of hydrogen-bond acceptors (Lipinski definition) is 2. The lowest BCUT2D eigenvalue weighted by molar-refractivity contribution is 0.100. The van der Waals surface area contributed by atoms with Crippen molar-refractivity contribution in [2.75, 3.05) is 0 Å². The summed E-state index contributed by atoms with van der Waals surface area (Å²) in [5, 5.41) is 0. The highest BCUT2D eigenvalue weighted by Gasteiger charge is 2.06. The van der Waals surface area contributed by atoms with Gasteiger partial charge in [0.1, 0.15) is 0 Å². The summed E-state index contributed by atoms with van der Waals surface area (Å²) in [5.41, 5.74) is 5.20. The number of aryl methyl sites for hydroxylation is 1. The van der Waals surface area contributed by atoms with E-state index in [1.54, 1.807) is 0 Å². The maximum atomic E-state index is 10.9. The largest absolute Gasteiger partial charge is 0.365 e. The molecule has 0 bridgehead atoms. The van der Waals surface area contributed by atoms with Crippen LogP contribution in [0, 0.1) is 5.92 Å². The molecule has 2 N–H and O–H groups in total. The van der Waals surface area contributed by atoms with Gasteiger partial charge in [0.2, 0.25) is 0 Å². The number of amides is 1. The molecule has 1 aromatic heterocycles. The summed E-state index contributed by atoms with van der Waals surface area (Å²) < 4.78 is 0. The van der Waals surface area contributed by atoms with Crippen LogP contribution in [0.1, 0.15) is 47.7 Å². The molecule has 1 atom stereocenters. The Hall–Kier alpha value is -0.830. The van der Waals surface area contributed by atoms with Gasteiger partial charge in [0, 0.05) is 4.88 Å². The van der Waals surface area contributed by atoms with Crippen molar-refractivity contribution in [3.8, 4) is 0 Å². The molecule has 1 heterocycles. The maximum absolute atomic E-state index is 10.9. The van der Waals surface area contributed by atoms with Gasteiger partial charge in [0.05, 0.1) is 4.88 Å². The molecular weight excluding hydrogens is 206 g/mol. The molecule has 0 saturated heterocycles. The first-order valence-corrected chi connectivity index (χ1v) is 6.33. The lowest BCUT2D eigenvalue weighted by Gasteiger charge is -2.07. The van der Waals surface area contributed by atoms with Crippen molar-refractivity contribution in [3.05, 3.63) is 21.9 Å². The molecule has 0 saturated carbocycles. The van der Waals surface area contributed by atoms with Crippen molar-refractivity contribution < 1.29 is 4.79 Å². The van der Waals surface area contributed by atoms with Crippen LogP contribution in [0.3, 0.4) is 0 Å². The highest BCUT2D eigenvalue weighted by atomic mass is 32.1. The molecule has 3 heteroatoms. The normalized spacial score (nSPS) is 12.7. The summed E-state index contributed by atoms with van der Waals surface area (Å²) in [6.45, 7) is 4.50. The summed E-state index contributed by atoms with van der Waals surface area (Å²) in [5.74, 6) is 0.460. The highest BCUT2D eigenvalue weighted by Crippen LogP contribution is 2.20. The predicted octanol–water partition coefficient (Wildman–Crippen LogP) is 3.22. The van der Waals surface area contributed by atoms with E-state index in [1.807, 2.05) is 12.1 Å². The van der Waals surface area contributed by atoms with E-state index in [0.29, 0.717) is 4.88 Å². The summed E-state index contributed by atoms with van der Waals surface area (Å²) in [6.07, 6.45) is 4.80. The SMILES string of the molecule is CCCC(C)CCc1ccc(C(N)=O)s1. The van der Waals surface area contributed by atoms with E-state index in [-0.39, 0.29) is 5.91 Å². The van der Waals surface area contributed by atoms with Gasteiger partial charge >= 0.3 is 0 Å². The average Bonchev–Trinajstić information content (AvgIpc) is 2.63. The molecule has 2 nitrogen and oxygen atoms in total. The third-order valence-corrected chi connectivity index (χ3v) is 3.73. The minimum Gasteiger partial charge on any atom is -0.365 e. The maximum Gasteiger partial charge on any atom is 0.258 e. The van der Waals surface area contributed by atoms with Gasteiger partial charge in [-0.05, 0) is 30.9 Å². The fraction of sp³-hybridized carbons (Fsp3) is 0.583. The first-order valence-electron chi connectivity index (χ1n) is 5.52. The summed E-state index contributed by atoms with van der Waals surface area (Å²) in [7, 11) is 0. The van der Waals surface area contributed by atoms with Gasteiger partial charge in [0.15, 0.2) is 0 Å². The van der Waals surface area contributed by atoms with E-state index in [4.69, 9.17) is 5.73 Å². The third-order valence-electron chi connectivity index (χ3n) is 2.57. The Kier molecular flexibility index (Phi) is 4.82. The Bertz CT molecular complexity index is 319. The summed E-state index contributed by atoms with van der Waals surface area (Å²) in [4.78, 5) is 12.8. The van der Waals surface area contributed by atoms with E-state index in [0.717, 1.165) is 12.3 Å². The van der Waals surface area contributed by atoms with E-state index >= 15 is 0 Å². The van der Waals surface area contributed by atoms with Crippen LogP contribution in [0.4, 0.5) is 0 Å². The zero-order valence-corrected chi connectivity index (χ0v) is 10.3. The molecule has 0 radical (unpaired) electrons. The van der Waals surface area contributed by atoms with Gasteiger partial charge in [-0.15, -0.1) is 11.3 Å². The Morgan fingerprint density at radius 2 is 2.20 bits per heavy atom. The van der Waals surface area contributed by atoms with Crippen LogP contribution in [0.25, 0.3) is 0 Å². The van der Waals surface area contributed by atoms with Gasteiger partial charge in [-0.1, -0.05) is 26.7 Å². The molecular formula is C12H19NOS. The molecule has 1 aromatic rings. The predicted molar refractivity (Wildman–Crippen MR) is 65.2 cm³/mol. The number of primary amides is 1. The number of nitrogens with two attached hydrogens (primary N) is 1. The molecule has 0 fully saturated rings. The Morgan fingerprint density at radius 1 is 1.47 bits per heavy atom. The quantitative estimate of drug-likeness (QED) is 0.793. The van der Waals surface area contributed by atoms with Crippen LogP contribution in [0.2, 0.25) is 0 Å². The van der Waals surface area contributed by atoms with Crippen LogP contribution in [-0.4, -0.2) is 5.91 Å². The first kappa shape index (κ1) is 12.2. The van der Waals surface area contributed by atoms with Crippen LogP contribution < -0.4 is 5.73 Å². The number of thiophene rings is 1. The van der Waals surface area contributed by atoms with Crippen molar-refractivity contribution in [3.63, 3.8) is 0 Å². The molecule has 15 heavy (non-hydrogen) atoms. The second-order valence-electron chi connectivity index (χ2n) is 4.06. The minimum absolute atomic E-state index is 0.312. The lowest BCUT2D eigenvalue weighted by Crippen LogP contribution is -2.08. The molecule has 0 aliphatic rings. The summed E-state index contributed by atoms with van der Waals surface area (Å²) in [6, 6.07) is 3.84. The monoisotopic (exact) mass is 225 g/mol. The minimum atomic E-state index is -0.312. The second-order valence-corrected chi connectivity index (χ2v) is 5.23. The van der Waals surface area contributed by atoms with Crippen molar-refractivity contribution in [2.24, 2.45) is 11.7 Å². The highest BCUT2D eigenvalue weighted by molar-refractivity contribution is 7.14. The molecule has 0 aromatic carbocycles. The average molecular weight is 225 g/mol. The Morgan fingerprint density at radius 3 is 2.73 bits per heavy atom. The van der Waals surface area contributed by atoms with Gasteiger partial charge in [0.25, 0.3) is 5.91 Å².